The quantitative estimate of drug-likeness (QED) is 0.560. The van der Waals surface area contributed by atoms with Crippen LogP contribution in [0.3, 0.4) is 0 Å². The molecule has 1 heterocycles. The zero-order valence-corrected chi connectivity index (χ0v) is 9.84. The van der Waals surface area contributed by atoms with Crippen molar-refractivity contribution in [2.45, 2.75) is 32.8 Å². The third-order valence-electron chi connectivity index (χ3n) is 2.26. The first-order valence-electron chi connectivity index (χ1n) is 5.50. The molecule has 0 aromatic heterocycles. The second kappa shape index (κ2) is 5.47. The topological polar surface area (TPSA) is 47.6 Å². The van der Waals surface area contributed by atoms with Gasteiger partial charge in [0.25, 0.3) is 0 Å². The van der Waals surface area contributed by atoms with Crippen molar-refractivity contribution in [3.8, 4) is 0 Å². The summed E-state index contributed by atoms with van der Waals surface area (Å²) in [6.07, 6.45) is 0.888. The maximum absolute atomic E-state index is 11.5. The van der Waals surface area contributed by atoms with Crippen LogP contribution in [0.4, 0.5) is 0 Å². The van der Waals surface area contributed by atoms with E-state index in [1.807, 2.05) is 20.8 Å². The fourth-order valence-electron chi connectivity index (χ4n) is 1.46. The van der Waals surface area contributed by atoms with E-state index in [9.17, 15) is 4.79 Å². The van der Waals surface area contributed by atoms with Crippen molar-refractivity contribution < 1.29 is 14.3 Å². The maximum atomic E-state index is 11.5. The molecule has 1 aliphatic heterocycles. The monoisotopic (exact) mass is 215 g/mol. The molecule has 1 rings (SSSR count). The molecule has 1 saturated heterocycles. The lowest BCUT2D eigenvalue weighted by Gasteiger charge is -2.19. The Morgan fingerprint density at radius 3 is 2.67 bits per heavy atom. The van der Waals surface area contributed by atoms with Crippen LogP contribution in [0.15, 0.2) is 0 Å². The van der Waals surface area contributed by atoms with Gasteiger partial charge < -0.3 is 14.8 Å². The van der Waals surface area contributed by atoms with Crippen molar-refractivity contribution in [3.05, 3.63) is 0 Å². The number of nitrogens with one attached hydrogen (secondary N) is 1. The van der Waals surface area contributed by atoms with E-state index in [1.165, 1.54) is 0 Å². The van der Waals surface area contributed by atoms with Crippen molar-refractivity contribution >= 4 is 5.97 Å². The molecule has 1 aliphatic rings. The van der Waals surface area contributed by atoms with Gasteiger partial charge >= 0.3 is 5.97 Å². The average Bonchev–Trinajstić information content (AvgIpc) is 2.63. The molecule has 0 saturated carbocycles. The Morgan fingerprint density at radius 2 is 2.13 bits per heavy atom. The van der Waals surface area contributed by atoms with Gasteiger partial charge in [-0.15, -0.1) is 0 Å². The summed E-state index contributed by atoms with van der Waals surface area (Å²) in [7, 11) is 0. The molecule has 0 aromatic carbocycles. The van der Waals surface area contributed by atoms with E-state index < -0.39 is 0 Å². The van der Waals surface area contributed by atoms with Crippen LogP contribution in [0, 0.1) is 5.92 Å². The zero-order valence-electron chi connectivity index (χ0n) is 9.84. The summed E-state index contributed by atoms with van der Waals surface area (Å²) in [4.78, 5) is 11.5. The number of carbonyl (C=O) groups excluding carboxylic acids is 1. The second-order valence-corrected chi connectivity index (χ2v) is 4.82. The van der Waals surface area contributed by atoms with Crippen LogP contribution in [0.2, 0.25) is 0 Å². The van der Waals surface area contributed by atoms with Gasteiger partial charge in [0.05, 0.1) is 18.1 Å². The molecule has 1 atom stereocenters. The number of hydrogen-bond acceptors (Lipinski definition) is 4. The lowest BCUT2D eigenvalue weighted by atomic mass is 10.1. The average molecular weight is 215 g/mol. The van der Waals surface area contributed by atoms with Gasteiger partial charge in [-0.2, -0.15) is 0 Å². The number of carbonyl (C=O) groups is 1. The fraction of sp³-hybridized carbons (Fsp3) is 0.909. The summed E-state index contributed by atoms with van der Waals surface area (Å²) in [5, 5.41) is 3.14. The minimum Gasteiger partial charge on any atom is -0.463 e. The number of esters is 1. The van der Waals surface area contributed by atoms with Crippen LogP contribution >= 0.6 is 0 Å². The highest BCUT2D eigenvalue weighted by atomic mass is 16.6. The molecule has 88 valence electrons. The summed E-state index contributed by atoms with van der Waals surface area (Å²) in [6, 6.07) is 0. The second-order valence-electron chi connectivity index (χ2n) is 4.82. The summed E-state index contributed by atoms with van der Waals surface area (Å²) < 4.78 is 10.6. The van der Waals surface area contributed by atoms with E-state index in [1.54, 1.807) is 0 Å². The highest BCUT2D eigenvalue weighted by molar-refractivity contribution is 5.73. The van der Waals surface area contributed by atoms with E-state index >= 15 is 0 Å². The Hall–Kier alpha value is -0.610. The smallest absolute Gasteiger partial charge is 0.310 e. The van der Waals surface area contributed by atoms with Crippen molar-refractivity contribution in [1.82, 2.24) is 5.32 Å². The van der Waals surface area contributed by atoms with Gasteiger partial charge in [-0.1, -0.05) is 0 Å². The third-order valence-corrected chi connectivity index (χ3v) is 2.26. The lowest BCUT2D eigenvalue weighted by Crippen LogP contribution is -2.25. The molecule has 1 unspecified atom stereocenters. The van der Waals surface area contributed by atoms with E-state index in [0.29, 0.717) is 13.2 Å². The van der Waals surface area contributed by atoms with Crippen LogP contribution in [-0.2, 0) is 14.3 Å². The Kier molecular flexibility index (Phi) is 4.54. The van der Waals surface area contributed by atoms with E-state index in [2.05, 4.69) is 5.32 Å². The Bertz CT molecular complexity index is 204. The molecule has 0 radical (unpaired) electrons. The molecule has 0 aliphatic carbocycles. The summed E-state index contributed by atoms with van der Waals surface area (Å²) >= 11 is 0. The van der Waals surface area contributed by atoms with Crippen molar-refractivity contribution in [2.75, 3.05) is 26.3 Å². The van der Waals surface area contributed by atoms with Crippen LogP contribution < -0.4 is 5.32 Å². The minimum atomic E-state index is -0.165. The first-order valence-corrected chi connectivity index (χ1v) is 5.50. The summed E-state index contributed by atoms with van der Waals surface area (Å²) in [5.41, 5.74) is -0.165. The molecular weight excluding hydrogens is 194 g/mol. The van der Waals surface area contributed by atoms with Crippen molar-refractivity contribution in [1.29, 1.82) is 0 Å². The Balaban J connectivity index is 2.07. The highest BCUT2D eigenvalue weighted by Crippen LogP contribution is 2.10. The summed E-state index contributed by atoms with van der Waals surface area (Å²) in [5.74, 6) is -0.0582. The van der Waals surface area contributed by atoms with Gasteiger partial charge in [0, 0.05) is 6.54 Å². The van der Waals surface area contributed by atoms with Gasteiger partial charge in [-0.25, -0.2) is 0 Å². The van der Waals surface area contributed by atoms with E-state index in [4.69, 9.17) is 9.47 Å². The third kappa shape index (κ3) is 5.14. The summed E-state index contributed by atoms with van der Waals surface area (Å²) in [6.45, 7) is 8.43. The molecule has 0 aromatic rings. The number of ether oxygens (including phenoxy) is 2. The van der Waals surface area contributed by atoms with Crippen LogP contribution in [-0.4, -0.2) is 37.9 Å². The van der Waals surface area contributed by atoms with Crippen LogP contribution in [0.25, 0.3) is 0 Å². The maximum Gasteiger partial charge on any atom is 0.310 e. The van der Waals surface area contributed by atoms with Crippen molar-refractivity contribution in [3.63, 3.8) is 0 Å². The standard InChI is InChI=1S/C11H21NO3/c1-11(2,3)15-7-6-14-10(13)9-4-5-12-8-9/h9,12H,4-8H2,1-3H3. The predicted octanol–water partition coefficient (Wildman–Crippen LogP) is 0.954. The van der Waals surface area contributed by atoms with Gasteiger partial charge in [0.15, 0.2) is 0 Å². The van der Waals surface area contributed by atoms with Crippen molar-refractivity contribution in [2.24, 2.45) is 5.92 Å². The van der Waals surface area contributed by atoms with E-state index in [0.717, 1.165) is 19.5 Å². The largest absolute Gasteiger partial charge is 0.463 e. The molecule has 0 bridgehead atoms. The fourth-order valence-corrected chi connectivity index (χ4v) is 1.46. The molecule has 15 heavy (non-hydrogen) atoms. The van der Waals surface area contributed by atoms with Gasteiger partial charge in [0.1, 0.15) is 6.61 Å². The zero-order chi connectivity index (χ0) is 11.3. The molecule has 4 heteroatoms. The van der Waals surface area contributed by atoms with Crippen LogP contribution in [0.1, 0.15) is 27.2 Å². The number of rotatable bonds is 4. The molecule has 0 amide bonds. The van der Waals surface area contributed by atoms with Gasteiger partial charge in [0.2, 0.25) is 0 Å². The number of hydrogen-bond donors (Lipinski definition) is 1. The molecule has 1 N–H and O–H groups in total. The van der Waals surface area contributed by atoms with E-state index in [-0.39, 0.29) is 17.5 Å². The first-order chi connectivity index (χ1) is 6.99. The SMILES string of the molecule is CC(C)(C)OCCOC(=O)C1CCNC1. The Labute approximate surface area is 91.3 Å². The molecule has 0 spiro atoms. The highest BCUT2D eigenvalue weighted by Gasteiger charge is 2.23. The normalized spacial score (nSPS) is 21.7. The predicted molar refractivity (Wildman–Crippen MR) is 57.6 cm³/mol. The van der Waals surface area contributed by atoms with Gasteiger partial charge in [-0.3, -0.25) is 4.79 Å². The molecule has 4 nitrogen and oxygen atoms in total. The molecule has 1 fully saturated rings. The minimum absolute atomic E-state index is 0.0413. The van der Waals surface area contributed by atoms with Crippen LogP contribution in [0.5, 0.6) is 0 Å². The Morgan fingerprint density at radius 1 is 1.40 bits per heavy atom. The van der Waals surface area contributed by atoms with Gasteiger partial charge in [-0.05, 0) is 33.7 Å². The molecular formula is C11H21NO3. The lowest BCUT2D eigenvalue weighted by molar-refractivity contribution is -0.151. The first kappa shape index (κ1) is 12.5.